The molecule has 1 spiro atoms. The van der Waals surface area contributed by atoms with Crippen LogP contribution in [0.15, 0.2) is 55.6 Å². The van der Waals surface area contributed by atoms with Gasteiger partial charge in [0, 0.05) is 30.4 Å². The lowest BCUT2D eigenvalue weighted by Crippen LogP contribution is -2.61. The lowest BCUT2D eigenvalue weighted by atomic mass is 9.70. The van der Waals surface area contributed by atoms with Crippen LogP contribution in [0.3, 0.4) is 0 Å². The molecule has 0 radical (unpaired) electrons. The van der Waals surface area contributed by atoms with E-state index < -0.39 is 65.2 Å². The molecule has 2 bridgehead atoms. The third-order valence-corrected chi connectivity index (χ3v) is 10.5. The second kappa shape index (κ2) is 15.7. The largest absolute Gasteiger partial charge is 0.455 e. The van der Waals surface area contributed by atoms with Crippen LogP contribution in [0.2, 0.25) is 0 Å². The maximum absolute atomic E-state index is 14.6. The van der Waals surface area contributed by atoms with Gasteiger partial charge < -0.3 is 34.4 Å². The fourth-order valence-corrected chi connectivity index (χ4v) is 8.46. The Kier molecular flexibility index (Phi) is 12.3. The molecule has 0 aromatic heterocycles. The molecule has 3 saturated heterocycles. The van der Waals surface area contributed by atoms with Crippen LogP contribution in [-0.2, 0) is 33.4 Å². The minimum absolute atomic E-state index is 0.0512. The molecule has 0 aliphatic carbocycles. The van der Waals surface area contributed by atoms with E-state index in [0.29, 0.717) is 24.8 Å². The zero-order valence-corrected chi connectivity index (χ0v) is 30.2. The number of amides is 3. The number of benzene rings is 1. The molecule has 2 N–H and O–H groups in total. The van der Waals surface area contributed by atoms with Crippen LogP contribution >= 0.6 is 15.9 Å². The fourth-order valence-electron chi connectivity index (χ4n) is 7.52. The van der Waals surface area contributed by atoms with Crippen molar-refractivity contribution >= 4 is 39.6 Å². The number of allylic oxidation sites excluding steroid dienone is 1. The minimum atomic E-state index is -1.34. The number of aliphatic hydroxyl groups excluding tert-OH is 1. The number of halogens is 1. The van der Waals surface area contributed by atoms with Gasteiger partial charge in [0.1, 0.15) is 17.7 Å². The average Bonchev–Trinajstić information content (AvgIpc) is 3.65. The highest BCUT2D eigenvalue weighted by Crippen LogP contribution is 2.61. The number of hydrogen-bond donors (Lipinski definition) is 2. The molecule has 264 valence electrons. The van der Waals surface area contributed by atoms with Gasteiger partial charge in [-0.05, 0) is 45.6 Å². The summed E-state index contributed by atoms with van der Waals surface area (Å²) >= 11 is 3.71. The second-order valence-corrected chi connectivity index (χ2v) is 15.0. The average molecular weight is 733 g/mol. The fraction of sp³-hybridized carbons (Fsp3) is 0.611. The summed E-state index contributed by atoms with van der Waals surface area (Å²) in [6.45, 7) is 15.0. The number of rotatable bonds is 16. The van der Waals surface area contributed by atoms with E-state index in [1.165, 1.54) is 12.0 Å². The molecule has 4 rings (SSSR count). The van der Waals surface area contributed by atoms with Gasteiger partial charge >= 0.3 is 5.97 Å². The maximum atomic E-state index is 14.6. The lowest BCUT2D eigenvalue weighted by Gasteiger charge is -2.43. The molecular weight excluding hydrogens is 682 g/mol. The van der Waals surface area contributed by atoms with Gasteiger partial charge in [0.25, 0.3) is 0 Å². The summed E-state index contributed by atoms with van der Waals surface area (Å²) in [5, 5.41) is 13.4. The van der Waals surface area contributed by atoms with E-state index in [4.69, 9.17) is 14.2 Å². The Hall–Kier alpha value is -3.06. The number of carbonyl (C=O) groups excluding carboxylic acids is 4. The first-order valence-corrected chi connectivity index (χ1v) is 17.5. The van der Waals surface area contributed by atoms with E-state index >= 15 is 0 Å². The van der Waals surface area contributed by atoms with Gasteiger partial charge in [-0.1, -0.05) is 65.3 Å². The predicted octanol–water partition coefficient (Wildman–Crippen LogP) is 3.70. The summed E-state index contributed by atoms with van der Waals surface area (Å²) in [6.07, 6.45) is 2.97. The quantitative estimate of drug-likeness (QED) is 0.149. The summed E-state index contributed by atoms with van der Waals surface area (Å²) in [6, 6.07) is 6.56. The van der Waals surface area contributed by atoms with E-state index in [2.05, 4.69) is 34.4 Å². The standard InChI is InChI=1S/C36H50BrN3O8/c1-8-11-17-26(42)38-25(21-46-7)29(22-15-13-12-14-16-22)47-34(45)27-28-32(43)40(23(10-3)20-41)31(36(28)19-24(37)30(27)48-36)33(44)39(18-9-2)35(4,5)6/h8-9,12-16,23-25,27-31,41H,1-2,10-11,17-21H2,3-7H3,(H,38,42)/t23-,24?,25+,27-,28+,29+,30-,31-,36+/m0/s1. The molecule has 12 heteroatoms. The Labute approximate surface area is 292 Å². The van der Waals surface area contributed by atoms with Crippen molar-refractivity contribution in [3.8, 4) is 0 Å². The summed E-state index contributed by atoms with van der Waals surface area (Å²) in [7, 11) is 1.50. The lowest BCUT2D eigenvalue weighted by molar-refractivity contribution is -0.163. The number of alkyl halides is 1. The van der Waals surface area contributed by atoms with Crippen LogP contribution in [0.25, 0.3) is 0 Å². The molecule has 3 fully saturated rings. The summed E-state index contributed by atoms with van der Waals surface area (Å²) in [5.41, 5.74) is -1.32. The first-order chi connectivity index (χ1) is 22.8. The molecule has 3 heterocycles. The van der Waals surface area contributed by atoms with Crippen molar-refractivity contribution < 1.29 is 38.5 Å². The Balaban J connectivity index is 1.76. The number of nitrogens with zero attached hydrogens (tertiary/aromatic N) is 2. The monoisotopic (exact) mass is 731 g/mol. The maximum Gasteiger partial charge on any atom is 0.313 e. The summed E-state index contributed by atoms with van der Waals surface area (Å²) < 4.78 is 18.4. The molecule has 1 unspecified atom stereocenters. The number of aliphatic hydroxyl groups is 1. The molecule has 1 aromatic carbocycles. The molecule has 11 nitrogen and oxygen atoms in total. The van der Waals surface area contributed by atoms with Crippen molar-refractivity contribution in [1.29, 1.82) is 0 Å². The van der Waals surface area contributed by atoms with Gasteiger partial charge in [0.2, 0.25) is 17.7 Å². The first kappa shape index (κ1) is 37.8. The van der Waals surface area contributed by atoms with E-state index in [1.54, 1.807) is 29.2 Å². The smallest absolute Gasteiger partial charge is 0.313 e. The van der Waals surface area contributed by atoms with Crippen molar-refractivity contribution in [3.63, 3.8) is 0 Å². The predicted molar refractivity (Wildman–Crippen MR) is 184 cm³/mol. The van der Waals surface area contributed by atoms with Crippen LogP contribution in [0.4, 0.5) is 0 Å². The van der Waals surface area contributed by atoms with Gasteiger partial charge in [-0.2, -0.15) is 0 Å². The Morgan fingerprint density at radius 1 is 1.23 bits per heavy atom. The molecule has 9 atom stereocenters. The minimum Gasteiger partial charge on any atom is -0.455 e. The summed E-state index contributed by atoms with van der Waals surface area (Å²) in [4.78, 5) is 59.3. The number of methoxy groups -OCH3 is 1. The van der Waals surface area contributed by atoms with Crippen molar-refractivity contribution in [2.24, 2.45) is 11.8 Å². The Morgan fingerprint density at radius 3 is 2.48 bits per heavy atom. The number of fused-ring (bicyclic) bond motifs is 1. The van der Waals surface area contributed by atoms with Gasteiger partial charge in [0.05, 0.1) is 43.2 Å². The number of ether oxygens (including phenoxy) is 3. The van der Waals surface area contributed by atoms with Crippen LogP contribution in [0.1, 0.15) is 65.0 Å². The molecule has 3 amide bonds. The SMILES string of the molecule is C=CCCC(=O)N[C@H](COC)[C@H](OC(=O)[C@@H]1[C@H]2O[C@@]3(CC2Br)[C@H](C(=O)N(CC=C)C(C)(C)C)N([C@@H](CC)CO)C(=O)[C@@H]13)c1ccccc1. The number of carbonyl (C=O) groups is 4. The molecule has 48 heavy (non-hydrogen) atoms. The zero-order valence-electron chi connectivity index (χ0n) is 28.6. The van der Waals surface area contributed by atoms with Crippen LogP contribution in [0, 0.1) is 11.8 Å². The second-order valence-electron chi connectivity index (χ2n) is 13.8. The molecule has 3 aliphatic heterocycles. The van der Waals surface area contributed by atoms with Crippen molar-refractivity contribution in [1.82, 2.24) is 15.1 Å². The third-order valence-electron chi connectivity index (χ3n) is 9.70. The highest BCUT2D eigenvalue weighted by Gasteiger charge is 2.77. The highest BCUT2D eigenvalue weighted by molar-refractivity contribution is 9.09. The van der Waals surface area contributed by atoms with Crippen molar-refractivity contribution in [2.45, 2.75) is 99.7 Å². The molecule has 3 aliphatic rings. The number of nitrogens with one attached hydrogen (secondary N) is 1. The Morgan fingerprint density at radius 2 is 1.92 bits per heavy atom. The number of hydrogen-bond acceptors (Lipinski definition) is 8. The normalized spacial score (nSPS) is 27.9. The van der Waals surface area contributed by atoms with E-state index in [0.717, 1.165) is 0 Å². The Bertz CT molecular complexity index is 1350. The van der Waals surface area contributed by atoms with Gasteiger partial charge in [-0.3, -0.25) is 19.2 Å². The van der Waals surface area contributed by atoms with Gasteiger partial charge in [-0.15, -0.1) is 13.2 Å². The van der Waals surface area contributed by atoms with E-state index in [9.17, 15) is 24.3 Å². The third kappa shape index (κ3) is 7.13. The number of esters is 1. The van der Waals surface area contributed by atoms with Crippen LogP contribution in [-0.4, -0.2) is 106 Å². The first-order valence-electron chi connectivity index (χ1n) is 16.6. The zero-order chi connectivity index (χ0) is 35.4. The van der Waals surface area contributed by atoms with Crippen LogP contribution < -0.4 is 5.32 Å². The van der Waals surface area contributed by atoms with Crippen LogP contribution in [0.5, 0.6) is 0 Å². The molecular formula is C36H50BrN3O8. The highest BCUT2D eigenvalue weighted by atomic mass is 79.9. The van der Waals surface area contributed by atoms with Gasteiger partial charge in [0.15, 0.2) is 0 Å². The van der Waals surface area contributed by atoms with Gasteiger partial charge in [-0.25, -0.2) is 0 Å². The van der Waals surface area contributed by atoms with E-state index in [-0.39, 0.29) is 42.8 Å². The summed E-state index contributed by atoms with van der Waals surface area (Å²) in [5.74, 6) is -3.76. The topological polar surface area (TPSA) is 135 Å². The van der Waals surface area contributed by atoms with Crippen molar-refractivity contribution in [3.05, 3.63) is 61.2 Å². The van der Waals surface area contributed by atoms with Crippen molar-refractivity contribution in [2.75, 3.05) is 26.9 Å². The van der Waals surface area contributed by atoms with E-state index in [1.807, 2.05) is 45.9 Å². The number of likely N-dealkylation sites (tertiary alicyclic amines) is 1. The molecule has 0 saturated carbocycles. The molecule has 1 aromatic rings.